The minimum absolute atomic E-state index is 0.297. The Morgan fingerprint density at radius 2 is 1.76 bits per heavy atom. The summed E-state index contributed by atoms with van der Waals surface area (Å²) < 4.78 is 14.0. The molecule has 2 aromatic carbocycles. The first-order chi connectivity index (χ1) is 10.1. The Morgan fingerprint density at radius 3 is 2.57 bits per heavy atom. The Labute approximate surface area is 122 Å². The minimum atomic E-state index is -1.00. The maximum atomic E-state index is 14.0. The molecule has 0 saturated heterocycles. The molecule has 0 fully saturated rings. The van der Waals surface area contributed by atoms with Crippen molar-refractivity contribution in [3.8, 4) is 0 Å². The summed E-state index contributed by atoms with van der Waals surface area (Å²) >= 11 is 0. The maximum Gasteiger partial charge on any atom is 0.129 e. The first kappa shape index (κ1) is 13.7. The van der Waals surface area contributed by atoms with Gasteiger partial charge in [0.15, 0.2) is 0 Å². The first-order valence-electron chi connectivity index (χ1n) is 6.86. The van der Waals surface area contributed by atoms with E-state index in [0.29, 0.717) is 11.1 Å². The van der Waals surface area contributed by atoms with Crippen molar-refractivity contribution >= 4 is 10.9 Å². The van der Waals surface area contributed by atoms with Crippen molar-refractivity contribution in [1.29, 1.82) is 0 Å². The van der Waals surface area contributed by atoms with Gasteiger partial charge in [-0.25, -0.2) is 4.39 Å². The van der Waals surface area contributed by atoms with Crippen LogP contribution >= 0.6 is 0 Å². The topological polar surface area (TPSA) is 33.1 Å². The van der Waals surface area contributed by atoms with Crippen LogP contribution in [0.5, 0.6) is 0 Å². The molecule has 3 heteroatoms. The van der Waals surface area contributed by atoms with Crippen molar-refractivity contribution in [2.45, 2.75) is 20.0 Å². The zero-order chi connectivity index (χ0) is 15.0. The molecular weight excluding hydrogens is 265 g/mol. The summed E-state index contributed by atoms with van der Waals surface area (Å²) in [7, 11) is 0. The number of pyridine rings is 1. The Morgan fingerprint density at radius 1 is 1.00 bits per heavy atom. The molecule has 2 nitrogen and oxygen atoms in total. The van der Waals surface area contributed by atoms with E-state index in [-0.39, 0.29) is 0 Å². The molecule has 1 unspecified atom stereocenters. The Balaban J connectivity index is 2.22. The number of fused-ring (bicyclic) bond motifs is 1. The third-order valence-electron chi connectivity index (χ3n) is 3.62. The second kappa shape index (κ2) is 5.26. The fraction of sp³-hybridized carbons (Fsp3) is 0.167. The van der Waals surface area contributed by atoms with Crippen molar-refractivity contribution in [2.24, 2.45) is 0 Å². The van der Waals surface area contributed by atoms with Gasteiger partial charge in [-0.2, -0.15) is 0 Å². The number of benzene rings is 2. The van der Waals surface area contributed by atoms with Crippen molar-refractivity contribution in [3.05, 3.63) is 76.7 Å². The zero-order valence-electron chi connectivity index (χ0n) is 12.0. The van der Waals surface area contributed by atoms with Gasteiger partial charge in [-0.3, -0.25) is 4.98 Å². The molecule has 1 atom stereocenters. The number of rotatable bonds is 2. The van der Waals surface area contributed by atoms with Gasteiger partial charge in [-0.1, -0.05) is 35.9 Å². The fourth-order valence-electron chi connectivity index (χ4n) is 2.61. The van der Waals surface area contributed by atoms with E-state index in [4.69, 9.17) is 0 Å². The lowest BCUT2D eigenvalue weighted by Crippen LogP contribution is -2.05. The largest absolute Gasteiger partial charge is 0.384 e. The van der Waals surface area contributed by atoms with Gasteiger partial charge in [0.05, 0.1) is 5.52 Å². The third-order valence-corrected chi connectivity index (χ3v) is 3.62. The number of aliphatic hydroxyl groups is 1. The number of aromatic nitrogens is 1. The SMILES string of the molecule is Cc1ccc(F)c(C(O)c2cc(C)nc3ccccc23)c1. The molecule has 0 bridgehead atoms. The lowest BCUT2D eigenvalue weighted by molar-refractivity contribution is 0.216. The summed E-state index contributed by atoms with van der Waals surface area (Å²) in [5, 5.41) is 11.5. The van der Waals surface area contributed by atoms with Crippen LogP contribution in [-0.2, 0) is 0 Å². The van der Waals surface area contributed by atoms with E-state index in [1.165, 1.54) is 6.07 Å². The molecule has 0 aliphatic heterocycles. The van der Waals surface area contributed by atoms with Gasteiger partial charge < -0.3 is 5.11 Å². The first-order valence-corrected chi connectivity index (χ1v) is 6.86. The summed E-state index contributed by atoms with van der Waals surface area (Å²) in [6.45, 7) is 3.75. The number of aliphatic hydroxyl groups excluding tert-OH is 1. The van der Waals surface area contributed by atoms with Crippen LogP contribution in [0.25, 0.3) is 10.9 Å². The second-order valence-corrected chi connectivity index (χ2v) is 5.30. The molecule has 3 aromatic rings. The molecule has 106 valence electrons. The van der Waals surface area contributed by atoms with E-state index >= 15 is 0 Å². The number of halogens is 1. The highest BCUT2D eigenvalue weighted by Gasteiger charge is 2.18. The molecule has 0 aliphatic carbocycles. The molecule has 0 aliphatic rings. The lowest BCUT2D eigenvalue weighted by Gasteiger charge is -2.16. The zero-order valence-corrected chi connectivity index (χ0v) is 12.0. The molecule has 1 heterocycles. The van der Waals surface area contributed by atoms with E-state index in [1.807, 2.05) is 44.2 Å². The highest BCUT2D eigenvalue weighted by Crippen LogP contribution is 2.30. The minimum Gasteiger partial charge on any atom is -0.384 e. The van der Waals surface area contributed by atoms with Gasteiger partial charge >= 0.3 is 0 Å². The average Bonchev–Trinajstić information content (AvgIpc) is 2.48. The lowest BCUT2D eigenvalue weighted by atomic mass is 9.96. The second-order valence-electron chi connectivity index (χ2n) is 5.30. The third kappa shape index (κ3) is 2.52. The quantitative estimate of drug-likeness (QED) is 0.768. The molecule has 1 N–H and O–H groups in total. The molecular formula is C18H16FNO. The molecule has 21 heavy (non-hydrogen) atoms. The van der Waals surface area contributed by atoms with Gasteiger partial charge in [0.1, 0.15) is 11.9 Å². The Kier molecular flexibility index (Phi) is 3.43. The van der Waals surface area contributed by atoms with Crippen LogP contribution in [-0.4, -0.2) is 10.1 Å². The highest BCUT2D eigenvalue weighted by molar-refractivity contribution is 5.83. The van der Waals surface area contributed by atoms with Gasteiger partial charge in [0.25, 0.3) is 0 Å². The van der Waals surface area contributed by atoms with Crippen molar-refractivity contribution < 1.29 is 9.50 Å². The van der Waals surface area contributed by atoms with Crippen LogP contribution in [0, 0.1) is 19.7 Å². The predicted molar refractivity (Wildman–Crippen MR) is 81.7 cm³/mol. The smallest absolute Gasteiger partial charge is 0.129 e. The van der Waals surface area contributed by atoms with Crippen molar-refractivity contribution in [1.82, 2.24) is 4.98 Å². The molecule has 0 amide bonds. The van der Waals surface area contributed by atoms with E-state index in [1.54, 1.807) is 12.1 Å². The number of nitrogens with zero attached hydrogens (tertiary/aromatic N) is 1. The number of para-hydroxylation sites is 1. The fourth-order valence-corrected chi connectivity index (χ4v) is 2.61. The van der Waals surface area contributed by atoms with E-state index in [0.717, 1.165) is 22.2 Å². The van der Waals surface area contributed by atoms with E-state index in [2.05, 4.69) is 4.98 Å². The van der Waals surface area contributed by atoms with Gasteiger partial charge in [0.2, 0.25) is 0 Å². The van der Waals surface area contributed by atoms with Crippen LogP contribution in [0.1, 0.15) is 28.5 Å². The summed E-state index contributed by atoms with van der Waals surface area (Å²) in [5.74, 6) is -0.397. The Bertz CT molecular complexity index is 813. The van der Waals surface area contributed by atoms with Crippen LogP contribution in [0.2, 0.25) is 0 Å². The van der Waals surface area contributed by atoms with Gasteiger partial charge in [-0.15, -0.1) is 0 Å². The number of hydrogen-bond donors (Lipinski definition) is 1. The van der Waals surface area contributed by atoms with E-state index in [9.17, 15) is 9.50 Å². The monoisotopic (exact) mass is 281 g/mol. The summed E-state index contributed by atoms with van der Waals surface area (Å²) in [5.41, 5.74) is 3.50. The summed E-state index contributed by atoms with van der Waals surface area (Å²) in [6, 6.07) is 14.2. The normalized spacial score (nSPS) is 12.6. The van der Waals surface area contributed by atoms with Crippen LogP contribution in [0.3, 0.4) is 0 Å². The van der Waals surface area contributed by atoms with Crippen LogP contribution < -0.4 is 0 Å². The van der Waals surface area contributed by atoms with Crippen LogP contribution in [0.15, 0.2) is 48.5 Å². The number of aryl methyl sites for hydroxylation is 2. The highest BCUT2D eigenvalue weighted by atomic mass is 19.1. The van der Waals surface area contributed by atoms with E-state index < -0.39 is 11.9 Å². The van der Waals surface area contributed by atoms with Gasteiger partial charge in [0, 0.05) is 16.6 Å². The number of hydrogen-bond acceptors (Lipinski definition) is 2. The maximum absolute atomic E-state index is 14.0. The van der Waals surface area contributed by atoms with Crippen molar-refractivity contribution in [3.63, 3.8) is 0 Å². The molecule has 1 aromatic heterocycles. The van der Waals surface area contributed by atoms with Crippen molar-refractivity contribution in [2.75, 3.05) is 0 Å². The van der Waals surface area contributed by atoms with Gasteiger partial charge in [-0.05, 0) is 37.6 Å². The molecule has 0 spiro atoms. The molecule has 0 saturated carbocycles. The standard InChI is InChI=1S/C18H16FNO/c1-11-7-8-16(19)15(9-11)18(21)14-10-12(2)20-17-6-4-3-5-13(14)17/h3-10,18,21H,1-2H3. The average molecular weight is 281 g/mol. The summed E-state index contributed by atoms with van der Waals surface area (Å²) in [4.78, 5) is 4.45. The Hall–Kier alpha value is -2.26. The molecule has 0 radical (unpaired) electrons. The van der Waals surface area contributed by atoms with Crippen LogP contribution in [0.4, 0.5) is 4.39 Å². The summed E-state index contributed by atoms with van der Waals surface area (Å²) in [6.07, 6.45) is -1.00. The molecule has 3 rings (SSSR count). The predicted octanol–water partition coefficient (Wildman–Crippen LogP) is 4.07.